The van der Waals surface area contributed by atoms with Crippen LogP contribution in [-0.4, -0.2) is 56.7 Å². The Morgan fingerprint density at radius 3 is 1.62 bits per heavy atom. The predicted octanol–water partition coefficient (Wildman–Crippen LogP) is 8.53. The van der Waals surface area contributed by atoms with Gasteiger partial charge >= 0.3 is 17.5 Å². The van der Waals surface area contributed by atoms with Crippen molar-refractivity contribution in [2.45, 2.75) is 32.7 Å². The number of allylic oxidation sites excluding steroid dienone is 2. The molecule has 3 aromatic heterocycles. The van der Waals surface area contributed by atoms with Crippen LogP contribution in [-0.2, 0) is 47.5 Å². The molecule has 6 heterocycles. The van der Waals surface area contributed by atoms with Crippen LogP contribution in [0.25, 0.3) is 19.2 Å². The molecular formula is C43H26N8O7S5. The zero-order valence-corrected chi connectivity index (χ0v) is 36.8. The van der Waals surface area contributed by atoms with Gasteiger partial charge in [-0.15, -0.1) is 34.0 Å². The summed E-state index contributed by atoms with van der Waals surface area (Å²) < 4.78 is 19.6. The fourth-order valence-corrected chi connectivity index (χ4v) is 12.4. The molecule has 0 aliphatic carbocycles. The minimum Gasteiger partial charge on any atom is -0.457 e. The van der Waals surface area contributed by atoms with Crippen LogP contribution < -0.4 is 4.74 Å². The minimum absolute atomic E-state index is 0.0370. The number of nitriles is 4. The molecule has 0 unspecified atom stereocenters. The smallest absolute Gasteiger partial charge is 0.367 e. The number of ether oxygens (including phenoxy) is 3. The number of rotatable bonds is 10. The first-order valence-corrected chi connectivity index (χ1v) is 22.7. The SMILES string of the molecule is CCN1C(=O)C(=Nc2cc3c(s2)-c2sc4cc(N=C5SC(=C(C#N)C#N)N(CC)C5=O)sc4c2OC3(C(=O)OCc2ccccc2)C(=O)OCc2ccccc2)SC1=C(C#N)C#N. The highest BCUT2D eigenvalue weighted by atomic mass is 32.2. The summed E-state index contributed by atoms with van der Waals surface area (Å²) in [5.74, 6) is -3.03. The second-order valence-electron chi connectivity index (χ2n) is 13.2. The van der Waals surface area contributed by atoms with E-state index in [1.165, 1.54) is 27.2 Å². The summed E-state index contributed by atoms with van der Waals surface area (Å²) in [6.45, 7) is 3.34. The highest BCUT2D eigenvalue weighted by Crippen LogP contribution is 2.60. The third-order valence-corrected chi connectivity index (χ3v) is 15.2. The third-order valence-electron chi connectivity index (χ3n) is 9.53. The number of nitrogens with zero attached hydrogens (tertiary/aromatic N) is 8. The lowest BCUT2D eigenvalue weighted by Gasteiger charge is -2.33. The van der Waals surface area contributed by atoms with Gasteiger partial charge in [0.1, 0.15) is 57.6 Å². The Labute approximate surface area is 379 Å². The normalized spacial score (nSPS) is 16.2. The van der Waals surface area contributed by atoms with E-state index in [0.29, 0.717) is 35.3 Å². The minimum atomic E-state index is -2.56. The summed E-state index contributed by atoms with van der Waals surface area (Å²) >= 11 is 5.27. The van der Waals surface area contributed by atoms with Crippen molar-refractivity contribution in [3.8, 4) is 39.8 Å². The molecule has 310 valence electrons. The van der Waals surface area contributed by atoms with Crippen LogP contribution in [0.4, 0.5) is 10.0 Å². The summed E-state index contributed by atoms with van der Waals surface area (Å²) in [5, 5.41) is 39.2. The van der Waals surface area contributed by atoms with Gasteiger partial charge in [0.25, 0.3) is 11.8 Å². The van der Waals surface area contributed by atoms with Crippen molar-refractivity contribution in [3.63, 3.8) is 0 Å². The van der Waals surface area contributed by atoms with Gasteiger partial charge in [-0.3, -0.25) is 19.4 Å². The van der Waals surface area contributed by atoms with Gasteiger partial charge in [0, 0.05) is 18.7 Å². The van der Waals surface area contributed by atoms with Gasteiger partial charge < -0.3 is 14.2 Å². The van der Waals surface area contributed by atoms with Crippen molar-refractivity contribution in [2.24, 2.45) is 9.98 Å². The van der Waals surface area contributed by atoms with Crippen molar-refractivity contribution in [3.05, 3.63) is 111 Å². The molecule has 2 fully saturated rings. The highest BCUT2D eigenvalue weighted by Gasteiger charge is 2.59. The average Bonchev–Trinajstić information content (AvgIpc) is 4.12. The molecule has 20 heteroatoms. The fraction of sp³-hybridized carbons (Fsp3) is 0.163. The second kappa shape index (κ2) is 17.7. The van der Waals surface area contributed by atoms with Crippen LogP contribution in [0.15, 0.2) is 104 Å². The molecule has 0 radical (unpaired) electrons. The Balaban J connectivity index is 1.28. The molecule has 2 aromatic carbocycles. The lowest BCUT2D eigenvalue weighted by Crippen LogP contribution is -2.52. The molecule has 3 aliphatic rings. The first-order valence-electron chi connectivity index (χ1n) is 18.7. The molecule has 0 spiro atoms. The average molecular weight is 927 g/mol. The van der Waals surface area contributed by atoms with E-state index in [-0.39, 0.29) is 73.9 Å². The molecular weight excluding hydrogens is 901 g/mol. The summed E-state index contributed by atoms with van der Waals surface area (Å²) in [6, 6.07) is 28.3. The number of esters is 2. The number of carbonyl (C=O) groups is 4. The van der Waals surface area contributed by atoms with Gasteiger partial charge in [-0.1, -0.05) is 60.7 Å². The van der Waals surface area contributed by atoms with Gasteiger partial charge in [-0.25, -0.2) is 19.6 Å². The van der Waals surface area contributed by atoms with Crippen LogP contribution in [0.5, 0.6) is 5.75 Å². The molecule has 2 saturated heterocycles. The summed E-state index contributed by atoms with van der Waals surface area (Å²) in [5.41, 5.74) is -1.69. The Bertz CT molecular complexity index is 2980. The van der Waals surface area contributed by atoms with Crippen molar-refractivity contribution in [1.82, 2.24) is 9.80 Å². The number of aliphatic imine (C=N–C) groups is 2. The zero-order valence-electron chi connectivity index (χ0n) is 32.7. The lowest BCUT2D eigenvalue weighted by atomic mass is 9.91. The topological polar surface area (TPSA) is 222 Å². The van der Waals surface area contributed by atoms with E-state index in [0.717, 1.165) is 46.2 Å². The van der Waals surface area contributed by atoms with Crippen LogP contribution in [0.3, 0.4) is 0 Å². The Hall–Kier alpha value is -7.04. The number of thioether (sulfide) groups is 2. The standard InChI is InChI=1S/C43H26N8O7S5/c1-3-50-37(52)35(62-39(50)25(17-44)18-45)48-29-15-27-32(60-29)34-31(33-28(59-34)16-30(61-33)49-36-38(53)51(4-2)40(63-36)26(19-46)20-47)58-43(27,41(54)56-21-23-11-7-5-8-12-23)42(55)57-22-24-13-9-6-10-14-24/h5-16H,3-4,21-22H2,1-2H3. The lowest BCUT2D eigenvalue weighted by molar-refractivity contribution is -0.183. The van der Waals surface area contributed by atoms with Gasteiger partial charge in [0.2, 0.25) is 0 Å². The van der Waals surface area contributed by atoms with Gasteiger partial charge in [-0.2, -0.15) is 21.0 Å². The van der Waals surface area contributed by atoms with E-state index in [1.54, 1.807) is 68.4 Å². The van der Waals surface area contributed by atoms with Gasteiger partial charge in [-0.05, 0) is 60.6 Å². The molecule has 8 rings (SSSR count). The molecule has 0 saturated carbocycles. The number of hydrogen-bond acceptors (Lipinski definition) is 18. The van der Waals surface area contributed by atoms with E-state index >= 15 is 0 Å². The van der Waals surface area contributed by atoms with Gasteiger partial charge in [0.05, 0.1) is 19.2 Å². The maximum Gasteiger partial charge on any atom is 0.367 e. The highest BCUT2D eigenvalue weighted by molar-refractivity contribution is 8.20. The first kappa shape index (κ1) is 42.6. The molecule has 0 atom stereocenters. The fourth-order valence-electron chi connectivity index (χ4n) is 6.59. The first-order chi connectivity index (χ1) is 30.6. The van der Waals surface area contributed by atoms with Crippen LogP contribution >= 0.6 is 57.5 Å². The molecule has 0 bridgehead atoms. The van der Waals surface area contributed by atoms with Crippen molar-refractivity contribution < 1.29 is 33.4 Å². The number of hydrogen-bond donors (Lipinski definition) is 0. The van der Waals surface area contributed by atoms with Gasteiger partial charge in [0.15, 0.2) is 27.0 Å². The number of thiophene rings is 3. The molecule has 5 aromatic rings. The number of carbonyl (C=O) groups excluding carboxylic acids is 4. The van der Waals surface area contributed by atoms with E-state index in [2.05, 4.69) is 9.98 Å². The molecule has 63 heavy (non-hydrogen) atoms. The molecule has 3 aliphatic heterocycles. The van der Waals surface area contributed by atoms with Crippen molar-refractivity contribution >= 4 is 111 Å². The quantitative estimate of drug-likeness (QED) is 0.0728. The second-order valence-corrected chi connectivity index (χ2v) is 18.3. The summed E-state index contributed by atoms with van der Waals surface area (Å²) in [7, 11) is 0. The van der Waals surface area contributed by atoms with Crippen LogP contribution in [0, 0.1) is 45.3 Å². The van der Waals surface area contributed by atoms with Crippen molar-refractivity contribution in [2.75, 3.05) is 13.1 Å². The van der Waals surface area contributed by atoms with Crippen LogP contribution in [0.2, 0.25) is 0 Å². The summed E-state index contributed by atoms with van der Waals surface area (Å²) in [4.78, 5) is 69.3. The number of fused-ring (bicyclic) bond motifs is 5. The Morgan fingerprint density at radius 1 is 0.683 bits per heavy atom. The molecule has 2 amide bonds. The van der Waals surface area contributed by atoms with E-state index < -0.39 is 29.4 Å². The maximum absolute atomic E-state index is 14.8. The van der Waals surface area contributed by atoms with E-state index in [4.69, 9.17) is 14.2 Å². The zero-order chi connectivity index (χ0) is 44.4. The monoisotopic (exact) mass is 926 g/mol. The number of amides is 2. The Morgan fingerprint density at radius 2 is 1.16 bits per heavy atom. The molecule has 0 N–H and O–H groups in total. The summed E-state index contributed by atoms with van der Waals surface area (Å²) in [6.07, 6.45) is 0. The Kier molecular flexibility index (Phi) is 12.0. The van der Waals surface area contributed by atoms with Crippen molar-refractivity contribution in [1.29, 1.82) is 21.0 Å². The largest absolute Gasteiger partial charge is 0.457 e. The maximum atomic E-state index is 14.8. The molecule has 15 nitrogen and oxygen atoms in total. The van der Waals surface area contributed by atoms with E-state index in [1.807, 2.05) is 36.4 Å². The number of benzene rings is 2. The third kappa shape index (κ3) is 7.65. The van der Waals surface area contributed by atoms with Crippen LogP contribution in [0.1, 0.15) is 30.5 Å². The predicted molar refractivity (Wildman–Crippen MR) is 238 cm³/mol. The van der Waals surface area contributed by atoms with E-state index in [9.17, 15) is 40.2 Å².